The quantitative estimate of drug-likeness (QED) is 0.680. The monoisotopic (exact) mass is 341 g/mol. The van der Waals surface area contributed by atoms with Crippen LogP contribution in [-0.4, -0.2) is 16.2 Å². The van der Waals surface area contributed by atoms with E-state index in [-0.39, 0.29) is 5.78 Å². The molecule has 3 heteroatoms. The first kappa shape index (κ1) is 11.5. The second-order valence-electron chi connectivity index (χ2n) is 5.23. The highest BCUT2D eigenvalue weighted by Gasteiger charge is 2.48. The number of hydrogen-bond acceptors (Lipinski definition) is 2. The highest BCUT2D eigenvalue weighted by Crippen LogP contribution is 2.46. The lowest BCUT2D eigenvalue weighted by molar-refractivity contribution is -0.119. The topological polar surface area (TPSA) is 20.3 Å². The number of nitrogens with zero attached hydrogens (tertiary/aromatic N) is 1. The summed E-state index contributed by atoms with van der Waals surface area (Å²) in [6.45, 7) is 2.02. The van der Waals surface area contributed by atoms with Gasteiger partial charge in [0.2, 0.25) is 0 Å². The van der Waals surface area contributed by atoms with E-state index < -0.39 is 5.54 Å². The Morgan fingerprint density at radius 1 is 1.35 bits per heavy atom. The molecule has 17 heavy (non-hydrogen) atoms. The van der Waals surface area contributed by atoms with E-state index in [4.69, 9.17) is 0 Å². The van der Waals surface area contributed by atoms with Crippen molar-refractivity contribution >= 4 is 28.4 Å². The summed E-state index contributed by atoms with van der Waals surface area (Å²) in [6.07, 6.45) is 13.2. The third-order valence-corrected chi connectivity index (χ3v) is 5.20. The zero-order valence-corrected chi connectivity index (χ0v) is 12.1. The van der Waals surface area contributed by atoms with Gasteiger partial charge in [-0.05, 0) is 48.4 Å². The van der Waals surface area contributed by atoms with E-state index in [1.54, 1.807) is 0 Å². The van der Waals surface area contributed by atoms with Crippen molar-refractivity contribution in [2.24, 2.45) is 5.92 Å². The van der Waals surface area contributed by atoms with Crippen LogP contribution in [0.4, 0.5) is 0 Å². The van der Waals surface area contributed by atoms with Crippen molar-refractivity contribution in [2.45, 2.75) is 38.1 Å². The Bertz CT molecular complexity index is 457. The van der Waals surface area contributed by atoms with E-state index in [1.807, 2.05) is 25.2 Å². The number of halogens is 1. The Kier molecular flexibility index (Phi) is 2.69. The predicted molar refractivity (Wildman–Crippen MR) is 76.5 cm³/mol. The fraction of sp³-hybridized carbons (Fsp3) is 0.500. The van der Waals surface area contributed by atoms with Crippen LogP contribution in [0.25, 0.3) is 0 Å². The van der Waals surface area contributed by atoms with Crippen molar-refractivity contribution in [3.8, 4) is 0 Å². The van der Waals surface area contributed by atoms with Crippen LogP contribution < -0.4 is 0 Å². The van der Waals surface area contributed by atoms with E-state index >= 15 is 0 Å². The smallest absolute Gasteiger partial charge is 0.200 e. The molecule has 1 aliphatic carbocycles. The van der Waals surface area contributed by atoms with E-state index in [0.29, 0.717) is 5.92 Å². The molecule has 1 fully saturated rings. The Balaban J connectivity index is 2.05. The minimum absolute atomic E-state index is 0.264. The second kappa shape index (κ2) is 3.97. The molecule has 3 aliphatic rings. The maximum Gasteiger partial charge on any atom is 0.200 e. The highest BCUT2D eigenvalue weighted by molar-refractivity contribution is 14.1. The molecule has 1 atom stereocenters. The molecule has 0 N–H and O–H groups in total. The molecule has 0 radical (unpaired) electrons. The van der Waals surface area contributed by atoms with Gasteiger partial charge in [0.15, 0.2) is 5.78 Å². The first-order valence-electron chi connectivity index (χ1n) is 6.24. The summed E-state index contributed by atoms with van der Waals surface area (Å²) in [5, 5.41) is 0. The van der Waals surface area contributed by atoms with Crippen LogP contribution in [0.1, 0.15) is 32.6 Å². The van der Waals surface area contributed by atoms with Crippen LogP contribution in [0, 0.1) is 5.92 Å². The normalized spacial score (nSPS) is 32.8. The number of allylic oxidation sites excluding steroid dienone is 3. The van der Waals surface area contributed by atoms with E-state index in [9.17, 15) is 4.79 Å². The summed E-state index contributed by atoms with van der Waals surface area (Å²) < 4.78 is 0.952. The molecule has 1 unspecified atom stereocenters. The van der Waals surface area contributed by atoms with Gasteiger partial charge in [-0.2, -0.15) is 0 Å². The van der Waals surface area contributed by atoms with Gasteiger partial charge in [-0.3, -0.25) is 4.79 Å². The van der Waals surface area contributed by atoms with Crippen molar-refractivity contribution in [2.75, 3.05) is 0 Å². The number of fused-ring (bicyclic) bond motifs is 1. The van der Waals surface area contributed by atoms with Crippen molar-refractivity contribution in [3.63, 3.8) is 0 Å². The maximum atomic E-state index is 12.4. The number of Topliss-reactive ketones (excluding diaryl/α,β-unsaturated/α-hetero) is 1. The Morgan fingerprint density at radius 3 is 2.76 bits per heavy atom. The lowest BCUT2D eigenvalue weighted by Crippen LogP contribution is -2.43. The fourth-order valence-corrected chi connectivity index (χ4v) is 4.40. The molecular formula is C14H16INO. The van der Waals surface area contributed by atoms with Gasteiger partial charge in [0.1, 0.15) is 5.54 Å². The molecule has 90 valence electrons. The zero-order valence-electron chi connectivity index (χ0n) is 9.95. The summed E-state index contributed by atoms with van der Waals surface area (Å²) in [7, 11) is 0. The molecule has 0 saturated heterocycles. The summed E-state index contributed by atoms with van der Waals surface area (Å²) >= 11 is 2.25. The van der Waals surface area contributed by atoms with Gasteiger partial charge in [-0.1, -0.05) is 25.0 Å². The molecule has 3 rings (SSSR count). The van der Waals surface area contributed by atoms with E-state index in [0.717, 1.165) is 3.58 Å². The molecule has 2 nitrogen and oxygen atoms in total. The molecule has 0 spiro atoms. The van der Waals surface area contributed by atoms with Gasteiger partial charge in [0.05, 0.1) is 3.58 Å². The summed E-state index contributed by atoms with van der Waals surface area (Å²) in [4.78, 5) is 14.6. The van der Waals surface area contributed by atoms with Gasteiger partial charge in [-0.25, -0.2) is 0 Å². The van der Waals surface area contributed by atoms with Gasteiger partial charge in [0.25, 0.3) is 0 Å². The predicted octanol–water partition coefficient (Wildman–Crippen LogP) is 3.55. The van der Waals surface area contributed by atoms with E-state index in [2.05, 4.69) is 33.7 Å². The third-order valence-electron chi connectivity index (χ3n) is 4.15. The van der Waals surface area contributed by atoms with Crippen LogP contribution in [0.5, 0.6) is 0 Å². The van der Waals surface area contributed by atoms with Gasteiger partial charge in [0, 0.05) is 17.8 Å². The second-order valence-corrected chi connectivity index (χ2v) is 6.31. The Labute approximate surface area is 116 Å². The molecule has 0 aromatic carbocycles. The molecule has 0 aromatic rings. The van der Waals surface area contributed by atoms with Crippen LogP contribution in [0.3, 0.4) is 0 Å². The minimum atomic E-state index is -0.455. The highest BCUT2D eigenvalue weighted by atomic mass is 127. The SMILES string of the molecule is CC12C=CC=CN1C(C1CCCC1)=C(I)C2=O. The standard InChI is InChI=1S/C14H16INO/c1-14-8-4-5-9-16(14)12(11(15)13(14)17)10-6-2-3-7-10/h4-5,8-10H,2-3,6-7H2,1H3. The van der Waals surface area contributed by atoms with E-state index in [1.165, 1.54) is 31.4 Å². The van der Waals surface area contributed by atoms with Crippen LogP contribution >= 0.6 is 22.6 Å². The summed E-state index contributed by atoms with van der Waals surface area (Å²) in [5.74, 6) is 0.851. The minimum Gasteiger partial charge on any atom is -0.333 e. The number of carbonyl (C=O) groups excluding carboxylic acids is 1. The maximum absolute atomic E-state index is 12.4. The average Bonchev–Trinajstić information content (AvgIpc) is 2.89. The van der Waals surface area contributed by atoms with Gasteiger partial charge in [-0.15, -0.1) is 0 Å². The lowest BCUT2D eigenvalue weighted by Gasteiger charge is -2.35. The molecular weight excluding hydrogens is 325 g/mol. The van der Waals surface area contributed by atoms with Crippen molar-refractivity contribution in [1.29, 1.82) is 0 Å². The Morgan fingerprint density at radius 2 is 2.06 bits per heavy atom. The molecule has 2 heterocycles. The Hall–Kier alpha value is -0.580. The fourth-order valence-electron chi connectivity index (χ4n) is 3.15. The van der Waals surface area contributed by atoms with Gasteiger partial charge < -0.3 is 4.90 Å². The molecule has 1 saturated carbocycles. The summed E-state index contributed by atoms with van der Waals surface area (Å²) in [5.41, 5.74) is 0.819. The average molecular weight is 341 g/mol. The number of rotatable bonds is 1. The van der Waals surface area contributed by atoms with Crippen LogP contribution in [0.15, 0.2) is 33.7 Å². The van der Waals surface area contributed by atoms with Crippen molar-refractivity contribution < 1.29 is 4.79 Å². The molecule has 0 amide bonds. The zero-order chi connectivity index (χ0) is 12.0. The van der Waals surface area contributed by atoms with Crippen molar-refractivity contribution in [1.82, 2.24) is 4.90 Å². The summed E-state index contributed by atoms with van der Waals surface area (Å²) in [6, 6.07) is 0. The number of ketones is 1. The number of hydrogen-bond donors (Lipinski definition) is 0. The van der Waals surface area contributed by atoms with Crippen LogP contribution in [-0.2, 0) is 4.79 Å². The molecule has 0 aromatic heterocycles. The third kappa shape index (κ3) is 1.54. The largest absolute Gasteiger partial charge is 0.333 e. The first-order valence-corrected chi connectivity index (χ1v) is 7.32. The molecule has 2 aliphatic heterocycles. The van der Waals surface area contributed by atoms with Crippen LogP contribution in [0.2, 0.25) is 0 Å². The lowest BCUT2D eigenvalue weighted by atomic mass is 9.95. The number of carbonyl (C=O) groups is 1. The van der Waals surface area contributed by atoms with Gasteiger partial charge >= 0.3 is 0 Å². The molecule has 0 bridgehead atoms. The van der Waals surface area contributed by atoms with Crippen molar-refractivity contribution in [3.05, 3.63) is 33.7 Å². The first-order chi connectivity index (χ1) is 8.14.